The minimum atomic E-state index is 0.238. The van der Waals surface area contributed by atoms with E-state index >= 15 is 0 Å². The van der Waals surface area contributed by atoms with E-state index in [4.69, 9.17) is 22.1 Å². The molecule has 1 aromatic carbocycles. The third kappa shape index (κ3) is 3.03. The smallest absolute Gasteiger partial charge is 0.191 e. The number of hydrogen-bond donors (Lipinski definition) is 1. The first-order valence-corrected chi connectivity index (χ1v) is 4.61. The second-order valence-electron chi connectivity index (χ2n) is 2.68. The second kappa shape index (κ2) is 4.82. The van der Waals surface area contributed by atoms with Gasteiger partial charge in [-0.05, 0) is 42.9 Å². The number of benzene rings is 1. The normalized spacial score (nSPS) is 9.62. The van der Waals surface area contributed by atoms with Crippen molar-refractivity contribution < 1.29 is 9.84 Å². The predicted molar refractivity (Wildman–Crippen MR) is 56.0 cm³/mol. The van der Waals surface area contributed by atoms with E-state index in [-0.39, 0.29) is 5.75 Å². The lowest BCUT2D eigenvalue weighted by atomic mass is 10.2. The summed E-state index contributed by atoms with van der Waals surface area (Å²) in [6, 6.07) is 6.68. The highest BCUT2D eigenvalue weighted by Crippen LogP contribution is 2.11. The van der Waals surface area contributed by atoms with Gasteiger partial charge in [0.2, 0.25) is 0 Å². The lowest BCUT2D eigenvalue weighted by molar-refractivity contribution is 0.314. The van der Waals surface area contributed by atoms with E-state index in [0.717, 1.165) is 12.0 Å². The Morgan fingerprint density at radius 3 is 2.54 bits per heavy atom. The summed E-state index contributed by atoms with van der Waals surface area (Å²) in [7, 11) is 0. The van der Waals surface area contributed by atoms with Crippen molar-refractivity contribution in [3.63, 3.8) is 0 Å². The van der Waals surface area contributed by atoms with Crippen molar-refractivity contribution in [3.8, 4) is 5.75 Å². The molecule has 0 fully saturated rings. The zero-order valence-electron chi connectivity index (χ0n) is 7.49. The molecule has 0 amide bonds. The van der Waals surface area contributed by atoms with Gasteiger partial charge in [0.05, 0.1) is 6.61 Å². The third-order valence-corrected chi connectivity index (χ3v) is 1.89. The summed E-state index contributed by atoms with van der Waals surface area (Å²) < 4.78 is 5.27. The Bertz CT molecular complexity index is 279. The molecule has 0 aliphatic carbocycles. The second-order valence-corrected chi connectivity index (χ2v) is 3.05. The van der Waals surface area contributed by atoms with Gasteiger partial charge < -0.3 is 9.84 Å². The summed E-state index contributed by atoms with van der Waals surface area (Å²) in [5, 5.41) is 9.52. The number of aromatic hydroxyl groups is 1. The average molecular weight is 196 g/mol. The Kier molecular flexibility index (Phi) is 3.71. The van der Waals surface area contributed by atoms with Crippen LogP contribution < -0.4 is 0 Å². The molecule has 0 radical (unpaired) electrons. The molecular formula is C10H12O2S. The Morgan fingerprint density at radius 2 is 2.00 bits per heavy atom. The molecule has 0 aromatic heterocycles. The summed E-state index contributed by atoms with van der Waals surface area (Å²) >= 11 is 5.03. The molecule has 0 saturated heterocycles. The Balaban J connectivity index is 2.61. The van der Waals surface area contributed by atoms with Gasteiger partial charge in [0.25, 0.3) is 0 Å². The van der Waals surface area contributed by atoms with Crippen molar-refractivity contribution in [2.75, 3.05) is 6.61 Å². The van der Waals surface area contributed by atoms with Crippen molar-refractivity contribution >= 4 is 17.3 Å². The minimum Gasteiger partial charge on any atom is -0.508 e. The van der Waals surface area contributed by atoms with Gasteiger partial charge in [-0.15, -0.1) is 0 Å². The molecular weight excluding hydrogens is 184 g/mol. The van der Waals surface area contributed by atoms with Gasteiger partial charge in [0.1, 0.15) is 5.75 Å². The standard InChI is InChI=1S/C10H12O2S/c1-2-7-12-10(13)8-3-5-9(11)6-4-8/h3-6,11H,2,7H2,1H3. The predicted octanol–water partition coefficient (Wildman–Crippen LogP) is 2.49. The summed E-state index contributed by atoms with van der Waals surface area (Å²) in [6.07, 6.45) is 0.943. The van der Waals surface area contributed by atoms with E-state index in [9.17, 15) is 0 Å². The van der Waals surface area contributed by atoms with E-state index < -0.39 is 0 Å². The lowest BCUT2D eigenvalue weighted by Crippen LogP contribution is -2.03. The minimum absolute atomic E-state index is 0.238. The molecule has 0 spiro atoms. The first-order valence-electron chi connectivity index (χ1n) is 4.20. The van der Waals surface area contributed by atoms with Crippen molar-refractivity contribution in [2.45, 2.75) is 13.3 Å². The quantitative estimate of drug-likeness (QED) is 0.753. The van der Waals surface area contributed by atoms with Gasteiger partial charge in [-0.3, -0.25) is 0 Å². The molecule has 0 saturated carbocycles. The molecule has 0 aliphatic heterocycles. The topological polar surface area (TPSA) is 29.5 Å². The van der Waals surface area contributed by atoms with Crippen molar-refractivity contribution in [2.24, 2.45) is 0 Å². The summed E-state index contributed by atoms with van der Waals surface area (Å²) in [6.45, 7) is 2.67. The summed E-state index contributed by atoms with van der Waals surface area (Å²) in [5.74, 6) is 0.238. The molecule has 0 unspecified atom stereocenters. The van der Waals surface area contributed by atoms with Crippen molar-refractivity contribution in [3.05, 3.63) is 29.8 Å². The highest BCUT2D eigenvalue weighted by Gasteiger charge is 2.00. The highest BCUT2D eigenvalue weighted by atomic mass is 32.1. The highest BCUT2D eigenvalue weighted by molar-refractivity contribution is 7.80. The zero-order chi connectivity index (χ0) is 9.68. The molecule has 3 heteroatoms. The van der Waals surface area contributed by atoms with E-state index in [0.29, 0.717) is 11.7 Å². The summed E-state index contributed by atoms with van der Waals surface area (Å²) in [5.41, 5.74) is 0.834. The molecule has 0 bridgehead atoms. The van der Waals surface area contributed by atoms with Crippen LogP contribution in [0.5, 0.6) is 5.75 Å². The number of rotatable bonds is 3. The van der Waals surface area contributed by atoms with Crippen molar-refractivity contribution in [1.82, 2.24) is 0 Å². The third-order valence-electron chi connectivity index (χ3n) is 1.54. The average Bonchev–Trinajstić information content (AvgIpc) is 2.15. The van der Waals surface area contributed by atoms with E-state index in [1.54, 1.807) is 24.3 Å². The maximum Gasteiger partial charge on any atom is 0.191 e. The van der Waals surface area contributed by atoms with E-state index in [1.807, 2.05) is 6.92 Å². The maximum atomic E-state index is 9.03. The first kappa shape index (κ1) is 9.99. The number of hydrogen-bond acceptors (Lipinski definition) is 3. The fourth-order valence-electron chi connectivity index (χ4n) is 0.876. The molecule has 70 valence electrons. The van der Waals surface area contributed by atoms with Gasteiger partial charge in [-0.1, -0.05) is 6.92 Å². The van der Waals surface area contributed by atoms with Gasteiger partial charge in [0, 0.05) is 5.56 Å². The van der Waals surface area contributed by atoms with Crippen LogP contribution in [0.25, 0.3) is 0 Å². The Labute approximate surface area is 83.2 Å². The molecule has 1 N–H and O–H groups in total. The molecule has 0 heterocycles. The first-order chi connectivity index (χ1) is 6.24. The van der Waals surface area contributed by atoms with Gasteiger partial charge in [-0.25, -0.2) is 0 Å². The summed E-state index contributed by atoms with van der Waals surface area (Å²) in [4.78, 5) is 0. The molecule has 0 aliphatic rings. The van der Waals surface area contributed by atoms with E-state index in [1.165, 1.54) is 0 Å². The van der Waals surface area contributed by atoms with Crippen LogP contribution >= 0.6 is 12.2 Å². The molecule has 0 atom stereocenters. The Hall–Kier alpha value is -1.09. The lowest BCUT2D eigenvalue weighted by Gasteiger charge is -2.05. The SMILES string of the molecule is CCCOC(=S)c1ccc(O)cc1. The fourth-order valence-corrected chi connectivity index (χ4v) is 1.10. The van der Waals surface area contributed by atoms with Crippen LogP contribution in [0.1, 0.15) is 18.9 Å². The fraction of sp³-hybridized carbons (Fsp3) is 0.300. The number of phenolic OH excluding ortho intramolecular Hbond substituents is 1. The van der Waals surface area contributed by atoms with Crippen LogP contribution in [0.3, 0.4) is 0 Å². The number of thiocarbonyl (C=S) groups is 1. The van der Waals surface area contributed by atoms with E-state index in [2.05, 4.69) is 0 Å². The molecule has 1 aromatic rings. The van der Waals surface area contributed by atoms with Crippen LogP contribution in [0.2, 0.25) is 0 Å². The number of ether oxygens (including phenoxy) is 1. The van der Waals surface area contributed by atoms with Crippen molar-refractivity contribution in [1.29, 1.82) is 0 Å². The largest absolute Gasteiger partial charge is 0.508 e. The van der Waals surface area contributed by atoms with Crippen LogP contribution in [0.4, 0.5) is 0 Å². The maximum absolute atomic E-state index is 9.03. The van der Waals surface area contributed by atoms with Gasteiger partial charge in [0.15, 0.2) is 5.05 Å². The molecule has 13 heavy (non-hydrogen) atoms. The van der Waals surface area contributed by atoms with Gasteiger partial charge in [-0.2, -0.15) is 0 Å². The zero-order valence-corrected chi connectivity index (χ0v) is 8.30. The number of phenols is 1. The van der Waals surface area contributed by atoms with Crippen LogP contribution in [0.15, 0.2) is 24.3 Å². The van der Waals surface area contributed by atoms with Crippen LogP contribution in [0, 0.1) is 0 Å². The molecule has 2 nitrogen and oxygen atoms in total. The van der Waals surface area contributed by atoms with Gasteiger partial charge >= 0.3 is 0 Å². The van der Waals surface area contributed by atoms with Crippen LogP contribution in [-0.2, 0) is 4.74 Å². The Morgan fingerprint density at radius 1 is 1.38 bits per heavy atom. The molecule has 1 rings (SSSR count). The monoisotopic (exact) mass is 196 g/mol. The van der Waals surface area contributed by atoms with Crippen LogP contribution in [-0.4, -0.2) is 16.8 Å².